The highest BCUT2D eigenvalue weighted by Crippen LogP contribution is 2.40. The van der Waals surface area contributed by atoms with E-state index in [9.17, 15) is 4.79 Å². The third-order valence-electron chi connectivity index (χ3n) is 8.14. The second-order valence-electron chi connectivity index (χ2n) is 10.3. The zero-order valence-electron chi connectivity index (χ0n) is 20.7. The van der Waals surface area contributed by atoms with Crippen molar-refractivity contribution in [2.45, 2.75) is 24.8 Å². The first-order valence-electron chi connectivity index (χ1n) is 12.9. The number of rotatable bonds is 2. The average Bonchev–Trinajstić information content (AvgIpc) is 3.53. The lowest BCUT2D eigenvalue weighted by atomic mass is 9.85. The molecule has 0 bridgehead atoms. The Morgan fingerprint density at radius 1 is 0.974 bits per heavy atom. The van der Waals surface area contributed by atoms with Gasteiger partial charge in [0.25, 0.3) is 0 Å². The van der Waals surface area contributed by atoms with Crippen molar-refractivity contribution < 1.29 is 14.3 Å². The van der Waals surface area contributed by atoms with Crippen molar-refractivity contribution in [1.82, 2.24) is 34.7 Å². The third kappa shape index (κ3) is 3.18. The minimum atomic E-state index is -0.512. The van der Waals surface area contributed by atoms with E-state index in [1.54, 1.807) is 0 Å². The summed E-state index contributed by atoms with van der Waals surface area (Å²) in [6.07, 6.45) is 3.65. The molecule has 3 aromatic heterocycles. The molecule has 2 saturated heterocycles. The lowest BCUT2D eigenvalue weighted by Crippen LogP contribution is -2.52. The zero-order chi connectivity index (χ0) is 25.3. The van der Waals surface area contributed by atoms with Gasteiger partial charge >= 0.3 is 6.03 Å². The monoisotopic (exact) mass is 510 g/mol. The smallest absolute Gasteiger partial charge is 0.317 e. The third-order valence-corrected chi connectivity index (χ3v) is 8.14. The van der Waals surface area contributed by atoms with E-state index in [1.165, 1.54) is 5.56 Å². The number of pyridine rings is 1. The van der Waals surface area contributed by atoms with Gasteiger partial charge in [0.2, 0.25) is 5.95 Å². The van der Waals surface area contributed by atoms with Gasteiger partial charge in [-0.1, -0.05) is 24.3 Å². The Bertz CT molecular complexity index is 1570. The SMILES string of the molecule is O=C1NC[C@@H]2CN(c3ncc(-c4ccc5nc6n(c5n4)C4(COCc5ccccc54)COC6)cn3)CCN12. The molecule has 0 aliphatic carbocycles. The zero-order valence-corrected chi connectivity index (χ0v) is 20.7. The fraction of sp³-hybridized carbons (Fsp3) is 0.370. The Hall–Kier alpha value is -4.09. The number of fused-ring (bicyclic) bond motifs is 7. The van der Waals surface area contributed by atoms with Crippen LogP contribution in [0.15, 0.2) is 48.8 Å². The van der Waals surface area contributed by atoms with E-state index in [2.05, 4.69) is 43.0 Å². The first-order chi connectivity index (χ1) is 18.7. The van der Waals surface area contributed by atoms with E-state index in [0.29, 0.717) is 52.0 Å². The molecule has 1 N–H and O–H groups in total. The summed E-state index contributed by atoms with van der Waals surface area (Å²) < 4.78 is 14.3. The summed E-state index contributed by atoms with van der Waals surface area (Å²) in [7, 11) is 0. The van der Waals surface area contributed by atoms with Crippen LogP contribution >= 0.6 is 0 Å². The second kappa shape index (κ2) is 8.20. The number of piperazine rings is 1. The van der Waals surface area contributed by atoms with E-state index < -0.39 is 5.54 Å². The number of carbonyl (C=O) groups excluding carboxylic acids is 1. The molecule has 192 valence electrons. The van der Waals surface area contributed by atoms with Crippen LogP contribution in [0.1, 0.15) is 17.0 Å². The summed E-state index contributed by atoms with van der Waals surface area (Å²) in [5.74, 6) is 1.52. The maximum Gasteiger partial charge on any atom is 0.317 e. The van der Waals surface area contributed by atoms with E-state index in [4.69, 9.17) is 19.4 Å². The highest BCUT2D eigenvalue weighted by molar-refractivity contribution is 5.78. The van der Waals surface area contributed by atoms with Crippen molar-refractivity contribution >= 4 is 23.1 Å². The number of hydrogen-bond acceptors (Lipinski definition) is 8. The van der Waals surface area contributed by atoms with E-state index >= 15 is 0 Å². The van der Waals surface area contributed by atoms with Gasteiger partial charge in [-0.2, -0.15) is 0 Å². The fourth-order valence-electron chi connectivity index (χ4n) is 6.30. The van der Waals surface area contributed by atoms with Gasteiger partial charge in [-0.05, 0) is 23.3 Å². The molecule has 4 aromatic rings. The average molecular weight is 511 g/mol. The lowest BCUT2D eigenvalue weighted by molar-refractivity contribution is -0.0423. The van der Waals surface area contributed by atoms with Gasteiger partial charge in [0.05, 0.1) is 31.6 Å². The molecule has 4 aliphatic rings. The molecule has 38 heavy (non-hydrogen) atoms. The molecule has 0 radical (unpaired) electrons. The van der Waals surface area contributed by atoms with Crippen molar-refractivity contribution in [3.8, 4) is 11.3 Å². The van der Waals surface area contributed by atoms with Crippen molar-refractivity contribution in [3.05, 3.63) is 65.7 Å². The number of aromatic nitrogens is 5. The van der Waals surface area contributed by atoms with Crippen molar-refractivity contribution in [1.29, 1.82) is 0 Å². The molecule has 7 heterocycles. The summed E-state index contributed by atoms with van der Waals surface area (Å²) >= 11 is 0. The molecule has 2 fully saturated rings. The van der Waals surface area contributed by atoms with Gasteiger partial charge < -0.3 is 24.6 Å². The summed E-state index contributed by atoms with van der Waals surface area (Å²) in [6, 6.07) is 12.5. The Balaban J connectivity index is 1.15. The van der Waals surface area contributed by atoms with Gasteiger partial charge in [-0.3, -0.25) is 4.57 Å². The molecule has 2 atom stereocenters. The molecule has 11 nitrogen and oxygen atoms in total. The molecule has 1 aromatic carbocycles. The van der Waals surface area contributed by atoms with Crippen LogP contribution in [0, 0.1) is 0 Å². The van der Waals surface area contributed by atoms with Gasteiger partial charge in [-0.15, -0.1) is 0 Å². The van der Waals surface area contributed by atoms with Gasteiger partial charge in [0.1, 0.15) is 23.5 Å². The van der Waals surface area contributed by atoms with Crippen LogP contribution in [0.2, 0.25) is 0 Å². The summed E-state index contributed by atoms with van der Waals surface area (Å²) in [5.41, 5.74) is 5.10. The minimum Gasteiger partial charge on any atom is -0.374 e. The van der Waals surface area contributed by atoms with Gasteiger partial charge in [0, 0.05) is 44.1 Å². The number of urea groups is 1. The topological polar surface area (TPSA) is 111 Å². The number of benzene rings is 1. The minimum absolute atomic E-state index is 0.0195. The fourth-order valence-corrected chi connectivity index (χ4v) is 6.30. The Morgan fingerprint density at radius 2 is 1.82 bits per heavy atom. The number of ether oxygens (including phenoxy) is 2. The van der Waals surface area contributed by atoms with Crippen LogP contribution in [0.3, 0.4) is 0 Å². The molecular formula is C27H26N8O3. The number of nitrogens with one attached hydrogen (secondary N) is 1. The van der Waals surface area contributed by atoms with Crippen LogP contribution in [0.5, 0.6) is 0 Å². The van der Waals surface area contributed by atoms with Crippen molar-refractivity contribution in [2.24, 2.45) is 0 Å². The maximum atomic E-state index is 11.9. The molecule has 1 unspecified atom stereocenters. The number of amides is 2. The molecule has 1 spiro atoms. The molecule has 0 saturated carbocycles. The molecule has 4 aliphatic heterocycles. The number of anilines is 1. The number of imidazole rings is 1. The van der Waals surface area contributed by atoms with Crippen LogP contribution in [0.4, 0.5) is 10.7 Å². The normalized spacial score (nSPS) is 24.3. The highest BCUT2D eigenvalue weighted by Gasteiger charge is 2.45. The van der Waals surface area contributed by atoms with Crippen LogP contribution < -0.4 is 10.2 Å². The first kappa shape index (κ1) is 21.9. The van der Waals surface area contributed by atoms with E-state index in [1.807, 2.05) is 35.5 Å². The maximum absolute atomic E-state index is 11.9. The Labute approximate surface area is 218 Å². The van der Waals surface area contributed by atoms with E-state index in [-0.39, 0.29) is 12.1 Å². The van der Waals surface area contributed by atoms with Crippen LogP contribution in [-0.4, -0.2) is 80.9 Å². The predicted octanol–water partition coefficient (Wildman–Crippen LogP) is 1.91. The number of nitrogens with zero attached hydrogens (tertiary/aromatic N) is 7. The number of hydrogen-bond donors (Lipinski definition) is 1. The molecule has 11 heteroatoms. The number of carbonyl (C=O) groups is 1. The summed E-state index contributed by atoms with van der Waals surface area (Å²) in [6.45, 7) is 4.79. The largest absolute Gasteiger partial charge is 0.374 e. The standard InChI is InChI=1S/C27H26N8O3/c36-26-30-11-19-12-33(7-8-34(19)26)25-28-9-18(10-29-25)21-5-6-22-24(32-21)35-23(31-22)14-38-16-27(35)15-37-13-17-3-1-2-4-20(17)27/h1-6,9-10,19H,7-8,11-16H2,(H,30,36)/t19-,27?/m1/s1. The van der Waals surface area contributed by atoms with E-state index in [0.717, 1.165) is 40.4 Å². The molecule has 2 amide bonds. The lowest BCUT2D eigenvalue weighted by Gasteiger charge is -2.43. The van der Waals surface area contributed by atoms with Crippen molar-refractivity contribution in [3.63, 3.8) is 0 Å². The summed E-state index contributed by atoms with van der Waals surface area (Å²) in [5, 5.41) is 2.91. The second-order valence-corrected chi connectivity index (χ2v) is 10.3. The van der Waals surface area contributed by atoms with Crippen molar-refractivity contribution in [2.75, 3.05) is 44.3 Å². The molecular weight excluding hydrogens is 484 g/mol. The summed E-state index contributed by atoms with van der Waals surface area (Å²) in [4.78, 5) is 35.2. The van der Waals surface area contributed by atoms with Gasteiger partial charge in [0.15, 0.2) is 5.65 Å². The van der Waals surface area contributed by atoms with Crippen LogP contribution in [0.25, 0.3) is 22.4 Å². The molecule has 8 rings (SSSR count). The van der Waals surface area contributed by atoms with Crippen LogP contribution in [-0.2, 0) is 28.2 Å². The predicted molar refractivity (Wildman–Crippen MR) is 137 cm³/mol. The van der Waals surface area contributed by atoms with Gasteiger partial charge in [-0.25, -0.2) is 24.7 Å². The highest BCUT2D eigenvalue weighted by atomic mass is 16.5. The Morgan fingerprint density at radius 3 is 2.71 bits per heavy atom. The first-order valence-corrected chi connectivity index (χ1v) is 12.9. The Kier molecular flexibility index (Phi) is 4.74. The quantitative estimate of drug-likeness (QED) is 0.436.